The highest BCUT2D eigenvalue weighted by molar-refractivity contribution is 5.90. The molecule has 4 heteroatoms. The Morgan fingerprint density at radius 3 is 2.60 bits per heavy atom. The van der Waals surface area contributed by atoms with Crippen molar-refractivity contribution < 1.29 is 14.3 Å². The smallest absolute Gasteiger partial charge is 0.338 e. The minimum absolute atomic E-state index is 0.396. The van der Waals surface area contributed by atoms with Crippen LogP contribution >= 0.6 is 0 Å². The van der Waals surface area contributed by atoms with Crippen LogP contribution in [0.3, 0.4) is 0 Å². The van der Waals surface area contributed by atoms with E-state index in [-0.39, 0.29) is 0 Å². The lowest BCUT2D eigenvalue weighted by molar-refractivity contribution is -0.428. The van der Waals surface area contributed by atoms with Crippen LogP contribution in [0.2, 0.25) is 0 Å². The zero-order chi connectivity index (χ0) is 11.4. The second-order valence-corrected chi connectivity index (χ2v) is 3.19. The summed E-state index contributed by atoms with van der Waals surface area (Å²) in [5, 5.41) is 0. The van der Waals surface area contributed by atoms with E-state index in [1.54, 1.807) is 18.2 Å². The monoisotopic (exact) mass is 208 g/mol. The third-order valence-corrected chi connectivity index (χ3v) is 2.23. The van der Waals surface area contributed by atoms with Gasteiger partial charge in [0.2, 0.25) is 0 Å². The van der Waals surface area contributed by atoms with E-state index in [4.69, 9.17) is 0 Å². The highest BCUT2D eigenvalue weighted by Crippen LogP contribution is 2.20. The molecule has 80 valence electrons. The molecular formula is C11H14NO3+. The Kier molecular flexibility index (Phi) is 3.55. The number of methoxy groups -OCH3 is 1. The van der Waals surface area contributed by atoms with Crippen molar-refractivity contribution in [1.82, 2.24) is 0 Å². The molecular weight excluding hydrogens is 194 g/mol. The van der Waals surface area contributed by atoms with Crippen LogP contribution in [-0.4, -0.2) is 24.9 Å². The summed E-state index contributed by atoms with van der Waals surface area (Å²) in [6, 6.07) is 4.99. The van der Waals surface area contributed by atoms with Crippen LogP contribution < -0.4 is 0 Å². The molecule has 0 aliphatic heterocycles. The van der Waals surface area contributed by atoms with Gasteiger partial charge in [-0.3, -0.25) is 0 Å². The third-order valence-electron chi connectivity index (χ3n) is 2.23. The number of carbonyl (C=O) groups excluding carboxylic acids is 1. The van der Waals surface area contributed by atoms with Gasteiger partial charge in [0.1, 0.15) is 0 Å². The lowest BCUT2D eigenvalue weighted by Crippen LogP contribution is -2.04. The van der Waals surface area contributed by atoms with Gasteiger partial charge >= 0.3 is 5.97 Å². The molecule has 0 unspecified atom stereocenters. The van der Waals surface area contributed by atoms with Crippen LogP contribution in [0.5, 0.6) is 0 Å². The van der Waals surface area contributed by atoms with E-state index >= 15 is 0 Å². The van der Waals surface area contributed by atoms with Crippen molar-refractivity contribution >= 4 is 11.7 Å². The Morgan fingerprint density at radius 1 is 1.47 bits per heavy atom. The molecule has 0 aliphatic rings. The van der Waals surface area contributed by atoms with Crippen molar-refractivity contribution in [1.29, 1.82) is 0 Å². The summed E-state index contributed by atoms with van der Waals surface area (Å²) in [6.45, 7) is 1.96. The van der Waals surface area contributed by atoms with Gasteiger partial charge in [-0.1, -0.05) is 13.0 Å². The molecule has 1 aromatic carbocycles. The molecule has 0 atom stereocenters. The van der Waals surface area contributed by atoms with Gasteiger partial charge < -0.3 is 4.74 Å². The number of benzene rings is 1. The van der Waals surface area contributed by atoms with Gasteiger partial charge in [-0.25, -0.2) is 4.79 Å². The molecule has 0 radical (unpaired) electrons. The number of nitroso groups, excluding NO2 is 1. The van der Waals surface area contributed by atoms with Crippen molar-refractivity contribution in [3.05, 3.63) is 34.2 Å². The normalized spacial score (nSPS) is 9.80. The molecule has 0 bridgehead atoms. The minimum atomic E-state index is -0.430. The molecule has 0 saturated heterocycles. The zero-order valence-corrected chi connectivity index (χ0v) is 9.11. The fourth-order valence-corrected chi connectivity index (χ4v) is 1.40. The van der Waals surface area contributed by atoms with Crippen LogP contribution in [-0.2, 0) is 11.2 Å². The van der Waals surface area contributed by atoms with Gasteiger partial charge in [-0.05, 0) is 12.5 Å². The van der Waals surface area contributed by atoms with E-state index in [0.717, 1.165) is 16.7 Å². The molecule has 0 amide bonds. The van der Waals surface area contributed by atoms with Gasteiger partial charge in [0.05, 0.1) is 12.7 Å². The molecule has 0 fully saturated rings. The van der Waals surface area contributed by atoms with Crippen LogP contribution in [0.25, 0.3) is 0 Å². The number of hydrogen-bond acceptors (Lipinski definition) is 3. The largest absolute Gasteiger partial charge is 0.465 e. The molecule has 0 spiro atoms. The number of nitrogens with zero attached hydrogens (tertiary/aromatic N) is 1. The minimum Gasteiger partial charge on any atom is -0.465 e. The summed E-state index contributed by atoms with van der Waals surface area (Å²) >= 11 is 0. The molecule has 4 nitrogen and oxygen atoms in total. The van der Waals surface area contributed by atoms with Gasteiger partial charge in [0.25, 0.3) is 5.69 Å². The van der Waals surface area contributed by atoms with E-state index in [1.807, 2.05) is 6.92 Å². The maximum absolute atomic E-state index is 11.3. The van der Waals surface area contributed by atoms with Crippen LogP contribution in [0.15, 0.2) is 18.2 Å². The summed E-state index contributed by atoms with van der Waals surface area (Å²) in [5.41, 5.74) is 1.83. The first-order valence-corrected chi connectivity index (χ1v) is 4.72. The van der Waals surface area contributed by atoms with Crippen molar-refractivity contribution in [3.63, 3.8) is 0 Å². The number of hydrogen-bond donors (Lipinski definition) is 0. The molecule has 0 aliphatic carbocycles. The van der Waals surface area contributed by atoms with Crippen molar-refractivity contribution in [2.24, 2.45) is 0 Å². The van der Waals surface area contributed by atoms with Gasteiger partial charge in [0.15, 0.2) is 7.05 Å². The zero-order valence-electron chi connectivity index (χ0n) is 9.11. The SMILES string of the molecule is CCc1ccc(C(=O)OC)cc1[N+](C)=O. The Hall–Kier alpha value is -1.71. The number of aryl methyl sites for hydroxylation is 1. The van der Waals surface area contributed by atoms with Gasteiger partial charge in [0, 0.05) is 21.3 Å². The van der Waals surface area contributed by atoms with Gasteiger partial charge in [-0.2, -0.15) is 0 Å². The maximum atomic E-state index is 11.3. The Balaban J connectivity index is 3.22. The summed E-state index contributed by atoms with van der Waals surface area (Å²) in [6.07, 6.45) is 0.753. The Morgan fingerprint density at radius 2 is 2.13 bits per heavy atom. The number of esters is 1. The predicted molar refractivity (Wildman–Crippen MR) is 56.4 cm³/mol. The van der Waals surface area contributed by atoms with E-state index in [1.165, 1.54) is 14.2 Å². The van der Waals surface area contributed by atoms with Crippen LogP contribution in [0, 0.1) is 4.91 Å². The molecule has 0 aromatic heterocycles. The Labute approximate surface area is 88.4 Å². The Bertz CT molecular complexity index is 399. The number of rotatable bonds is 3. The van der Waals surface area contributed by atoms with E-state index in [0.29, 0.717) is 11.3 Å². The molecule has 0 heterocycles. The quantitative estimate of drug-likeness (QED) is 0.564. The lowest BCUT2D eigenvalue weighted by atomic mass is 10.1. The van der Waals surface area contributed by atoms with Crippen LogP contribution in [0.1, 0.15) is 22.8 Å². The second-order valence-electron chi connectivity index (χ2n) is 3.19. The van der Waals surface area contributed by atoms with Gasteiger partial charge in [-0.15, -0.1) is 0 Å². The second kappa shape index (κ2) is 4.68. The molecule has 0 saturated carbocycles. The fraction of sp³-hybridized carbons (Fsp3) is 0.364. The number of carbonyl (C=O) groups is 1. The standard InChI is InChI=1S/C11H14NO3/c1-4-8-5-6-9(11(13)15-3)7-10(8)12(2)14/h5-7H,4H2,1-3H3/q+1. The lowest BCUT2D eigenvalue weighted by Gasteiger charge is -2.01. The molecule has 1 rings (SSSR count). The number of ether oxygens (including phenoxy) is 1. The first kappa shape index (κ1) is 11.4. The highest BCUT2D eigenvalue weighted by atomic mass is 16.5. The summed E-state index contributed by atoms with van der Waals surface area (Å²) < 4.78 is 5.34. The van der Waals surface area contributed by atoms with E-state index < -0.39 is 5.97 Å². The van der Waals surface area contributed by atoms with E-state index in [9.17, 15) is 9.70 Å². The maximum Gasteiger partial charge on any atom is 0.338 e. The van der Waals surface area contributed by atoms with E-state index in [2.05, 4.69) is 4.74 Å². The average Bonchev–Trinajstić information content (AvgIpc) is 2.27. The van der Waals surface area contributed by atoms with Crippen molar-refractivity contribution in [2.45, 2.75) is 13.3 Å². The summed E-state index contributed by atoms with van der Waals surface area (Å²) in [4.78, 5) is 22.5. The van der Waals surface area contributed by atoms with Crippen molar-refractivity contribution in [2.75, 3.05) is 14.2 Å². The summed E-state index contributed by atoms with van der Waals surface area (Å²) in [5.74, 6) is -0.430. The first-order chi connectivity index (χ1) is 7.10. The van der Waals surface area contributed by atoms with Crippen LogP contribution in [0.4, 0.5) is 5.69 Å². The fourth-order valence-electron chi connectivity index (χ4n) is 1.40. The molecule has 0 N–H and O–H groups in total. The third kappa shape index (κ3) is 2.40. The molecule has 1 aromatic rings. The molecule has 15 heavy (non-hydrogen) atoms. The first-order valence-electron chi connectivity index (χ1n) is 4.72. The highest BCUT2D eigenvalue weighted by Gasteiger charge is 2.16. The topological polar surface area (TPSA) is 46.4 Å². The average molecular weight is 208 g/mol. The summed E-state index contributed by atoms with van der Waals surface area (Å²) in [7, 11) is 2.73. The predicted octanol–water partition coefficient (Wildman–Crippen LogP) is 2.08. The van der Waals surface area contributed by atoms with Crippen molar-refractivity contribution in [3.8, 4) is 0 Å².